The molecule has 0 saturated carbocycles. The molecule has 0 unspecified atom stereocenters. The molecule has 0 spiro atoms. The molecular weight excluding hydrogens is 216 g/mol. The lowest BCUT2D eigenvalue weighted by atomic mass is 10.1. The van der Waals surface area contributed by atoms with Crippen LogP contribution in [0.25, 0.3) is 0 Å². The van der Waals surface area contributed by atoms with Gasteiger partial charge in [0.2, 0.25) is 0 Å². The van der Waals surface area contributed by atoms with Gasteiger partial charge in [0.1, 0.15) is 5.75 Å². The third-order valence-corrected chi connectivity index (χ3v) is 2.15. The lowest BCUT2D eigenvalue weighted by Crippen LogP contribution is -2.04. The van der Waals surface area contributed by atoms with Gasteiger partial charge in [-0.1, -0.05) is 11.6 Å². The van der Waals surface area contributed by atoms with Crippen molar-refractivity contribution in [1.82, 2.24) is 0 Å². The van der Waals surface area contributed by atoms with Crippen LogP contribution in [0.3, 0.4) is 0 Å². The first-order chi connectivity index (χ1) is 7.13. The largest absolute Gasteiger partial charge is 0.496 e. The van der Waals surface area contributed by atoms with Gasteiger partial charge in [0.05, 0.1) is 13.7 Å². The molecule has 0 fully saturated rings. The maximum atomic E-state index is 10.6. The molecule has 1 aromatic carbocycles. The van der Waals surface area contributed by atoms with Crippen LogP contribution in [-0.2, 0) is 16.0 Å². The van der Waals surface area contributed by atoms with Gasteiger partial charge >= 0.3 is 5.97 Å². The van der Waals surface area contributed by atoms with Gasteiger partial charge in [-0.2, -0.15) is 0 Å². The fraction of sp³-hybridized carbons (Fsp3) is 0.364. The van der Waals surface area contributed by atoms with Crippen molar-refractivity contribution >= 4 is 17.6 Å². The fourth-order valence-electron chi connectivity index (χ4n) is 1.25. The second-order valence-electron chi connectivity index (χ2n) is 3.05. The highest BCUT2D eigenvalue weighted by Crippen LogP contribution is 2.22. The Bertz CT molecular complexity index is 350. The number of halogens is 1. The van der Waals surface area contributed by atoms with E-state index >= 15 is 0 Å². The van der Waals surface area contributed by atoms with Crippen molar-refractivity contribution in [3.63, 3.8) is 0 Å². The maximum Gasteiger partial charge on any atom is 0.302 e. The number of hydrogen-bond acceptors (Lipinski definition) is 3. The molecule has 4 heteroatoms. The predicted octanol–water partition coefficient (Wildman–Crippen LogP) is 2.45. The number of carbonyl (C=O) groups excluding carboxylic acids is 1. The molecule has 0 saturated heterocycles. The second-order valence-corrected chi connectivity index (χ2v) is 3.48. The van der Waals surface area contributed by atoms with E-state index in [0.717, 1.165) is 11.3 Å². The maximum absolute atomic E-state index is 10.6. The minimum atomic E-state index is -0.281. The minimum absolute atomic E-state index is 0.281. The third-order valence-electron chi connectivity index (χ3n) is 1.92. The Kier molecular flexibility index (Phi) is 4.43. The van der Waals surface area contributed by atoms with Gasteiger partial charge in [-0.3, -0.25) is 4.79 Å². The predicted molar refractivity (Wildman–Crippen MR) is 58.3 cm³/mol. The first-order valence-electron chi connectivity index (χ1n) is 4.59. The SMILES string of the molecule is COc1ccc(Cl)cc1CCOC(C)=O. The van der Waals surface area contributed by atoms with E-state index in [1.807, 2.05) is 6.07 Å². The summed E-state index contributed by atoms with van der Waals surface area (Å²) >= 11 is 5.85. The molecule has 0 amide bonds. The molecule has 0 aromatic heterocycles. The molecule has 0 heterocycles. The highest BCUT2D eigenvalue weighted by atomic mass is 35.5. The van der Waals surface area contributed by atoms with Crippen molar-refractivity contribution in [3.05, 3.63) is 28.8 Å². The van der Waals surface area contributed by atoms with Crippen LogP contribution in [0.1, 0.15) is 12.5 Å². The average Bonchev–Trinajstić information content (AvgIpc) is 2.17. The van der Waals surface area contributed by atoms with Crippen molar-refractivity contribution in [2.24, 2.45) is 0 Å². The molecule has 0 aliphatic rings. The monoisotopic (exact) mass is 228 g/mol. The molecule has 1 rings (SSSR count). The summed E-state index contributed by atoms with van der Waals surface area (Å²) in [5.74, 6) is 0.475. The van der Waals surface area contributed by atoms with E-state index in [4.69, 9.17) is 21.1 Å². The van der Waals surface area contributed by atoms with Gasteiger partial charge in [-0.15, -0.1) is 0 Å². The molecule has 0 aliphatic carbocycles. The average molecular weight is 229 g/mol. The number of methoxy groups -OCH3 is 1. The molecule has 0 N–H and O–H groups in total. The normalized spacial score (nSPS) is 9.80. The molecular formula is C11H13ClO3. The van der Waals surface area contributed by atoms with Crippen LogP contribution < -0.4 is 4.74 Å². The van der Waals surface area contributed by atoms with Crippen LogP contribution in [-0.4, -0.2) is 19.7 Å². The molecule has 15 heavy (non-hydrogen) atoms. The number of benzene rings is 1. The van der Waals surface area contributed by atoms with Gasteiger partial charge in [0.15, 0.2) is 0 Å². The Hall–Kier alpha value is -1.22. The van der Waals surface area contributed by atoms with Crippen molar-refractivity contribution in [1.29, 1.82) is 0 Å². The molecule has 3 nitrogen and oxygen atoms in total. The van der Waals surface area contributed by atoms with Gasteiger partial charge in [0.25, 0.3) is 0 Å². The zero-order valence-corrected chi connectivity index (χ0v) is 9.50. The number of esters is 1. The molecule has 0 radical (unpaired) electrons. The Morgan fingerprint density at radius 1 is 1.47 bits per heavy atom. The topological polar surface area (TPSA) is 35.5 Å². The van der Waals surface area contributed by atoms with E-state index in [2.05, 4.69) is 0 Å². The van der Waals surface area contributed by atoms with Gasteiger partial charge in [0, 0.05) is 18.4 Å². The van der Waals surface area contributed by atoms with Crippen molar-refractivity contribution in [2.45, 2.75) is 13.3 Å². The first kappa shape index (κ1) is 11.9. The molecule has 82 valence electrons. The Morgan fingerprint density at radius 3 is 2.80 bits per heavy atom. The lowest BCUT2D eigenvalue weighted by Gasteiger charge is -2.08. The lowest BCUT2D eigenvalue weighted by molar-refractivity contribution is -0.140. The number of carbonyl (C=O) groups is 1. The van der Waals surface area contributed by atoms with E-state index in [-0.39, 0.29) is 5.97 Å². The number of rotatable bonds is 4. The van der Waals surface area contributed by atoms with E-state index in [1.54, 1.807) is 19.2 Å². The molecule has 1 aromatic rings. The fourth-order valence-corrected chi connectivity index (χ4v) is 1.44. The Labute approximate surface area is 93.9 Å². The van der Waals surface area contributed by atoms with Crippen molar-refractivity contribution in [3.8, 4) is 5.75 Å². The van der Waals surface area contributed by atoms with Crippen LogP contribution in [0.5, 0.6) is 5.75 Å². The Morgan fingerprint density at radius 2 is 2.20 bits per heavy atom. The van der Waals surface area contributed by atoms with E-state index < -0.39 is 0 Å². The minimum Gasteiger partial charge on any atom is -0.496 e. The summed E-state index contributed by atoms with van der Waals surface area (Å²) in [6.07, 6.45) is 0.601. The second kappa shape index (κ2) is 5.61. The van der Waals surface area contributed by atoms with E-state index in [0.29, 0.717) is 18.1 Å². The van der Waals surface area contributed by atoms with Crippen molar-refractivity contribution in [2.75, 3.05) is 13.7 Å². The van der Waals surface area contributed by atoms with Crippen molar-refractivity contribution < 1.29 is 14.3 Å². The van der Waals surface area contributed by atoms with Gasteiger partial charge in [-0.05, 0) is 23.8 Å². The first-order valence-corrected chi connectivity index (χ1v) is 4.97. The molecule has 0 atom stereocenters. The highest BCUT2D eigenvalue weighted by molar-refractivity contribution is 6.30. The summed E-state index contributed by atoms with van der Waals surface area (Å²) in [7, 11) is 1.60. The Balaban J connectivity index is 2.65. The quantitative estimate of drug-likeness (QED) is 0.743. The zero-order valence-electron chi connectivity index (χ0n) is 8.75. The molecule has 0 bridgehead atoms. The van der Waals surface area contributed by atoms with E-state index in [1.165, 1.54) is 6.92 Å². The van der Waals surface area contributed by atoms with Crippen LogP contribution in [0, 0.1) is 0 Å². The van der Waals surface area contributed by atoms with Crippen LogP contribution in [0.15, 0.2) is 18.2 Å². The van der Waals surface area contributed by atoms with Gasteiger partial charge < -0.3 is 9.47 Å². The zero-order chi connectivity index (χ0) is 11.3. The smallest absolute Gasteiger partial charge is 0.302 e. The third kappa shape index (κ3) is 3.80. The molecule has 0 aliphatic heterocycles. The highest BCUT2D eigenvalue weighted by Gasteiger charge is 2.04. The summed E-state index contributed by atoms with van der Waals surface area (Å²) < 4.78 is 10.0. The summed E-state index contributed by atoms with van der Waals surface area (Å²) in [6.45, 7) is 1.72. The van der Waals surface area contributed by atoms with E-state index in [9.17, 15) is 4.79 Å². The van der Waals surface area contributed by atoms with Crippen LogP contribution in [0.2, 0.25) is 5.02 Å². The van der Waals surface area contributed by atoms with Crippen LogP contribution >= 0.6 is 11.6 Å². The standard InChI is InChI=1S/C11H13ClO3/c1-8(13)15-6-5-9-7-10(12)3-4-11(9)14-2/h3-4,7H,5-6H2,1-2H3. The summed E-state index contributed by atoms with van der Waals surface area (Å²) in [4.78, 5) is 10.6. The van der Waals surface area contributed by atoms with Gasteiger partial charge in [-0.25, -0.2) is 0 Å². The summed E-state index contributed by atoms with van der Waals surface area (Å²) in [5.41, 5.74) is 0.936. The van der Waals surface area contributed by atoms with Crippen LogP contribution in [0.4, 0.5) is 0 Å². The number of ether oxygens (including phenoxy) is 2. The number of hydrogen-bond donors (Lipinski definition) is 0. The summed E-state index contributed by atoms with van der Waals surface area (Å²) in [5, 5.41) is 0.647. The summed E-state index contributed by atoms with van der Waals surface area (Å²) in [6, 6.07) is 5.37.